The van der Waals surface area contributed by atoms with Crippen molar-refractivity contribution >= 4 is 17.9 Å². The molecule has 0 fully saturated rings. The Balaban J connectivity index is 3.08. The van der Waals surface area contributed by atoms with Crippen molar-refractivity contribution in [2.24, 2.45) is 0 Å². The van der Waals surface area contributed by atoms with E-state index in [4.69, 9.17) is 16.7 Å². The molecular weight excluding hydrogens is 207 g/mol. The summed E-state index contributed by atoms with van der Waals surface area (Å²) in [5, 5.41) is 9.19. The largest absolute Gasteiger partial charge is 0.506 e. The molecule has 4 heteroatoms. The molecule has 0 aliphatic heterocycles. The molecule has 0 aliphatic carbocycles. The first-order valence-electron chi connectivity index (χ1n) is 4.17. The molecule has 14 heavy (non-hydrogen) atoms. The second kappa shape index (κ2) is 4.42. The summed E-state index contributed by atoms with van der Waals surface area (Å²) in [6.07, 6.45) is 0.961. The van der Waals surface area contributed by atoms with Crippen LogP contribution in [0.3, 0.4) is 0 Å². The number of carbonyl (C=O) groups excluding carboxylic acids is 1. The van der Waals surface area contributed by atoms with Gasteiger partial charge in [0.15, 0.2) is 0 Å². The van der Waals surface area contributed by atoms with Gasteiger partial charge in [-0.05, 0) is 17.5 Å². The number of rotatable bonds is 3. The topological polar surface area (TPSA) is 37.3 Å². The van der Waals surface area contributed by atoms with Crippen molar-refractivity contribution in [3.05, 3.63) is 28.5 Å². The number of phenols is 1. The van der Waals surface area contributed by atoms with Gasteiger partial charge in [-0.15, -0.1) is 0 Å². The standard InChI is InChI=1S/C10H10ClFO2/c1-6(2-3-13)7-4-8(11)10(14)5-9(7)12/h3-6,14H,2H2,1H3. The maximum atomic E-state index is 13.3. The highest BCUT2D eigenvalue weighted by Gasteiger charge is 2.13. The molecule has 2 nitrogen and oxygen atoms in total. The van der Waals surface area contributed by atoms with E-state index in [9.17, 15) is 9.18 Å². The van der Waals surface area contributed by atoms with Crippen LogP contribution >= 0.6 is 11.6 Å². The predicted octanol–water partition coefficient (Wildman–Crippen LogP) is 2.88. The van der Waals surface area contributed by atoms with Crippen molar-refractivity contribution in [2.45, 2.75) is 19.3 Å². The fraction of sp³-hybridized carbons (Fsp3) is 0.300. The zero-order valence-electron chi connectivity index (χ0n) is 7.63. The lowest BCUT2D eigenvalue weighted by Crippen LogP contribution is -1.98. The SMILES string of the molecule is CC(CC=O)c1cc(Cl)c(O)cc1F. The Hall–Kier alpha value is -1.09. The maximum Gasteiger partial charge on any atom is 0.137 e. The van der Waals surface area contributed by atoms with Crippen molar-refractivity contribution in [1.82, 2.24) is 0 Å². The molecule has 0 aromatic heterocycles. The van der Waals surface area contributed by atoms with Crippen LogP contribution in [-0.2, 0) is 4.79 Å². The number of hydrogen-bond donors (Lipinski definition) is 1. The van der Waals surface area contributed by atoms with Crippen molar-refractivity contribution < 1.29 is 14.3 Å². The molecule has 0 aliphatic rings. The van der Waals surface area contributed by atoms with Gasteiger partial charge in [-0.1, -0.05) is 18.5 Å². The Bertz CT molecular complexity index is 352. The lowest BCUT2D eigenvalue weighted by molar-refractivity contribution is -0.108. The first kappa shape index (κ1) is 11.0. The second-order valence-corrected chi connectivity index (χ2v) is 3.54. The Morgan fingerprint density at radius 1 is 1.64 bits per heavy atom. The summed E-state index contributed by atoms with van der Waals surface area (Å²) in [6, 6.07) is 2.30. The van der Waals surface area contributed by atoms with Gasteiger partial charge in [0.1, 0.15) is 17.9 Å². The van der Waals surface area contributed by atoms with E-state index in [0.717, 1.165) is 12.4 Å². The molecular formula is C10H10ClFO2. The number of carbonyl (C=O) groups is 1. The van der Waals surface area contributed by atoms with Gasteiger partial charge in [0, 0.05) is 12.5 Å². The van der Waals surface area contributed by atoms with Crippen LogP contribution in [0.1, 0.15) is 24.8 Å². The first-order chi connectivity index (χ1) is 6.56. The highest BCUT2D eigenvalue weighted by atomic mass is 35.5. The Morgan fingerprint density at radius 3 is 2.86 bits per heavy atom. The number of phenolic OH excluding ortho intramolecular Hbond substituents is 1. The smallest absolute Gasteiger partial charge is 0.137 e. The summed E-state index contributed by atoms with van der Waals surface area (Å²) in [5.41, 5.74) is 0.347. The minimum atomic E-state index is -0.541. The molecule has 1 rings (SSSR count). The molecule has 0 amide bonds. The van der Waals surface area contributed by atoms with Gasteiger partial charge in [-0.3, -0.25) is 0 Å². The average Bonchev–Trinajstić information content (AvgIpc) is 2.11. The van der Waals surface area contributed by atoms with Gasteiger partial charge in [0.05, 0.1) is 5.02 Å². The molecule has 0 saturated carbocycles. The molecule has 1 aromatic rings. The number of aldehydes is 1. The van der Waals surface area contributed by atoms with Gasteiger partial charge in [-0.2, -0.15) is 0 Å². The highest BCUT2D eigenvalue weighted by molar-refractivity contribution is 6.32. The van der Waals surface area contributed by atoms with Gasteiger partial charge in [0.2, 0.25) is 0 Å². The van der Waals surface area contributed by atoms with Gasteiger partial charge in [0.25, 0.3) is 0 Å². The fourth-order valence-electron chi connectivity index (χ4n) is 1.20. The molecule has 1 N–H and O–H groups in total. The van der Waals surface area contributed by atoms with Crippen molar-refractivity contribution in [3.8, 4) is 5.75 Å². The lowest BCUT2D eigenvalue weighted by atomic mass is 9.98. The first-order valence-corrected chi connectivity index (χ1v) is 4.55. The van der Waals surface area contributed by atoms with Crippen molar-refractivity contribution in [1.29, 1.82) is 0 Å². The quantitative estimate of drug-likeness (QED) is 0.789. The zero-order chi connectivity index (χ0) is 10.7. The third-order valence-electron chi connectivity index (χ3n) is 2.05. The number of benzene rings is 1. The molecule has 0 spiro atoms. The van der Waals surface area contributed by atoms with Crippen LogP contribution in [0, 0.1) is 5.82 Å². The summed E-state index contributed by atoms with van der Waals surface area (Å²) in [6.45, 7) is 1.72. The summed E-state index contributed by atoms with van der Waals surface area (Å²) in [5.74, 6) is -1.06. The third-order valence-corrected chi connectivity index (χ3v) is 2.35. The molecule has 0 radical (unpaired) electrons. The van der Waals surface area contributed by atoms with Crippen LogP contribution in [0.5, 0.6) is 5.75 Å². The second-order valence-electron chi connectivity index (χ2n) is 3.13. The van der Waals surface area contributed by atoms with Crippen LogP contribution in [0.15, 0.2) is 12.1 Å². The molecule has 1 unspecified atom stereocenters. The zero-order valence-corrected chi connectivity index (χ0v) is 8.38. The van der Waals surface area contributed by atoms with E-state index >= 15 is 0 Å². The summed E-state index contributed by atoms with van der Waals surface area (Å²) in [7, 11) is 0. The molecule has 1 atom stereocenters. The van der Waals surface area contributed by atoms with Crippen LogP contribution in [-0.4, -0.2) is 11.4 Å². The summed E-state index contributed by atoms with van der Waals surface area (Å²) in [4.78, 5) is 10.2. The molecule has 76 valence electrons. The fourth-order valence-corrected chi connectivity index (χ4v) is 1.37. The lowest BCUT2D eigenvalue weighted by Gasteiger charge is -2.10. The van der Waals surface area contributed by atoms with Crippen molar-refractivity contribution in [3.63, 3.8) is 0 Å². The normalized spacial score (nSPS) is 12.5. The number of aromatic hydroxyl groups is 1. The van der Waals surface area contributed by atoms with E-state index in [1.807, 2.05) is 0 Å². The molecule has 0 heterocycles. The van der Waals surface area contributed by atoms with Gasteiger partial charge >= 0.3 is 0 Å². The van der Waals surface area contributed by atoms with E-state index in [-0.39, 0.29) is 23.1 Å². The third kappa shape index (κ3) is 2.23. The Morgan fingerprint density at radius 2 is 2.29 bits per heavy atom. The summed E-state index contributed by atoms with van der Waals surface area (Å²) < 4.78 is 13.3. The van der Waals surface area contributed by atoms with E-state index in [1.165, 1.54) is 6.07 Å². The monoisotopic (exact) mass is 216 g/mol. The van der Waals surface area contributed by atoms with E-state index in [2.05, 4.69) is 0 Å². The summed E-state index contributed by atoms with van der Waals surface area (Å²) >= 11 is 5.63. The molecule has 0 saturated heterocycles. The Labute approximate surface area is 86.3 Å². The number of hydrogen-bond acceptors (Lipinski definition) is 2. The van der Waals surface area contributed by atoms with Gasteiger partial charge < -0.3 is 9.90 Å². The van der Waals surface area contributed by atoms with Crippen LogP contribution in [0.4, 0.5) is 4.39 Å². The van der Waals surface area contributed by atoms with E-state index < -0.39 is 5.82 Å². The maximum absolute atomic E-state index is 13.3. The van der Waals surface area contributed by atoms with Crippen LogP contribution in [0.25, 0.3) is 0 Å². The average molecular weight is 217 g/mol. The van der Waals surface area contributed by atoms with Gasteiger partial charge in [-0.25, -0.2) is 4.39 Å². The van der Waals surface area contributed by atoms with E-state index in [0.29, 0.717) is 5.56 Å². The van der Waals surface area contributed by atoms with Crippen molar-refractivity contribution in [2.75, 3.05) is 0 Å². The van der Waals surface area contributed by atoms with Crippen LogP contribution < -0.4 is 0 Å². The minimum Gasteiger partial charge on any atom is -0.506 e. The highest BCUT2D eigenvalue weighted by Crippen LogP contribution is 2.30. The molecule has 1 aromatic carbocycles. The molecule has 0 bridgehead atoms. The Kier molecular flexibility index (Phi) is 3.47. The predicted molar refractivity (Wildman–Crippen MR) is 52.2 cm³/mol. The number of halogens is 2. The van der Waals surface area contributed by atoms with Crippen LogP contribution in [0.2, 0.25) is 5.02 Å². The van der Waals surface area contributed by atoms with E-state index in [1.54, 1.807) is 6.92 Å². The minimum absolute atomic E-state index is 0.0964.